The summed E-state index contributed by atoms with van der Waals surface area (Å²) < 4.78 is 5.22. The van der Waals surface area contributed by atoms with E-state index >= 15 is 0 Å². The van der Waals surface area contributed by atoms with Crippen molar-refractivity contribution in [1.82, 2.24) is 4.90 Å². The highest BCUT2D eigenvalue weighted by Gasteiger charge is 2.06. The minimum Gasteiger partial charge on any atom is -0.496 e. The summed E-state index contributed by atoms with van der Waals surface area (Å²) in [6, 6.07) is 6.05. The fourth-order valence-corrected chi connectivity index (χ4v) is 1.48. The first-order chi connectivity index (χ1) is 6.67. The van der Waals surface area contributed by atoms with Gasteiger partial charge in [0.1, 0.15) is 5.75 Å². The summed E-state index contributed by atoms with van der Waals surface area (Å²) in [5.41, 5.74) is 1.04. The number of methoxy groups -OCH3 is 1. The lowest BCUT2D eigenvalue weighted by molar-refractivity contribution is 0.360. The van der Waals surface area contributed by atoms with E-state index in [0.717, 1.165) is 17.9 Å². The van der Waals surface area contributed by atoms with E-state index in [0.29, 0.717) is 11.0 Å². The van der Waals surface area contributed by atoms with Crippen molar-refractivity contribution in [1.29, 1.82) is 0 Å². The molecule has 0 radical (unpaired) electrons. The Bertz CT molecular complexity index is 304. The van der Waals surface area contributed by atoms with Gasteiger partial charge in [0.05, 0.1) is 13.1 Å². The van der Waals surface area contributed by atoms with Crippen LogP contribution in [0, 0.1) is 0 Å². The Morgan fingerprint density at radius 2 is 2.14 bits per heavy atom. The molecular weight excluding hydrogens is 221 g/mol. The largest absolute Gasteiger partial charge is 0.496 e. The van der Waals surface area contributed by atoms with Gasteiger partial charge in [0.2, 0.25) is 0 Å². The van der Waals surface area contributed by atoms with Crippen molar-refractivity contribution in [2.75, 3.05) is 20.2 Å². The zero-order valence-electron chi connectivity index (χ0n) is 8.26. The van der Waals surface area contributed by atoms with E-state index in [1.54, 1.807) is 7.11 Å². The van der Waals surface area contributed by atoms with Gasteiger partial charge in [0.15, 0.2) is 0 Å². The van der Waals surface area contributed by atoms with Crippen molar-refractivity contribution in [2.24, 2.45) is 0 Å². The molecule has 0 saturated heterocycles. The number of alkyl halides is 1. The van der Waals surface area contributed by atoms with E-state index in [-0.39, 0.29) is 0 Å². The predicted molar refractivity (Wildman–Crippen MR) is 60.2 cm³/mol. The molecule has 2 nitrogen and oxygen atoms in total. The van der Waals surface area contributed by atoms with Crippen molar-refractivity contribution in [3.8, 4) is 5.75 Å². The number of rotatable bonds is 4. The number of halogens is 2. The third-order valence-electron chi connectivity index (χ3n) is 1.89. The smallest absolute Gasteiger partial charge is 0.123 e. The molecule has 1 rings (SSSR count). The standard InChI is InChI=1S/C10H13Cl2NO/c1-13(7-11)6-8-5-9(12)3-4-10(8)14-2/h3-5H,6-7H2,1-2H3. The lowest BCUT2D eigenvalue weighted by atomic mass is 10.2. The molecule has 0 saturated carbocycles. The highest BCUT2D eigenvalue weighted by Crippen LogP contribution is 2.23. The van der Waals surface area contributed by atoms with Crippen molar-refractivity contribution in [3.05, 3.63) is 28.8 Å². The van der Waals surface area contributed by atoms with Crippen LogP contribution in [0.5, 0.6) is 5.75 Å². The van der Waals surface area contributed by atoms with E-state index in [4.69, 9.17) is 27.9 Å². The second-order valence-electron chi connectivity index (χ2n) is 3.09. The van der Waals surface area contributed by atoms with Crippen LogP contribution >= 0.6 is 23.2 Å². The van der Waals surface area contributed by atoms with Crippen LogP contribution in [0.3, 0.4) is 0 Å². The quantitative estimate of drug-likeness (QED) is 0.586. The summed E-state index contributed by atoms with van der Waals surface area (Å²) in [6.07, 6.45) is 0. The molecule has 0 bridgehead atoms. The van der Waals surface area contributed by atoms with Crippen molar-refractivity contribution in [2.45, 2.75) is 6.54 Å². The fourth-order valence-electron chi connectivity index (χ4n) is 1.20. The number of hydrogen-bond donors (Lipinski definition) is 0. The number of benzene rings is 1. The molecular formula is C10H13Cl2NO. The monoisotopic (exact) mass is 233 g/mol. The second kappa shape index (κ2) is 5.44. The van der Waals surface area contributed by atoms with Crippen LogP contribution in [0.15, 0.2) is 18.2 Å². The third kappa shape index (κ3) is 3.05. The molecule has 0 N–H and O–H groups in total. The van der Waals surface area contributed by atoms with Gasteiger partial charge in [-0.25, -0.2) is 0 Å². The zero-order valence-corrected chi connectivity index (χ0v) is 9.77. The van der Waals surface area contributed by atoms with Crippen LogP contribution in [-0.2, 0) is 6.54 Å². The van der Waals surface area contributed by atoms with Crippen molar-refractivity contribution in [3.63, 3.8) is 0 Å². The van der Waals surface area contributed by atoms with Crippen molar-refractivity contribution < 1.29 is 4.74 Å². The van der Waals surface area contributed by atoms with Gasteiger partial charge in [-0.1, -0.05) is 11.6 Å². The maximum atomic E-state index is 5.89. The first kappa shape index (κ1) is 11.6. The molecule has 0 aromatic heterocycles. The molecule has 0 fully saturated rings. The number of ether oxygens (including phenoxy) is 1. The topological polar surface area (TPSA) is 12.5 Å². The van der Waals surface area contributed by atoms with Crippen LogP contribution in [0.2, 0.25) is 5.02 Å². The van der Waals surface area contributed by atoms with Crippen LogP contribution in [0.25, 0.3) is 0 Å². The molecule has 0 aliphatic rings. The van der Waals surface area contributed by atoms with Gasteiger partial charge >= 0.3 is 0 Å². The molecule has 78 valence electrons. The van der Waals surface area contributed by atoms with E-state index in [9.17, 15) is 0 Å². The Kier molecular flexibility index (Phi) is 4.52. The zero-order chi connectivity index (χ0) is 10.6. The molecule has 0 spiro atoms. The molecule has 0 atom stereocenters. The normalized spacial score (nSPS) is 10.6. The van der Waals surface area contributed by atoms with Gasteiger partial charge in [-0.15, -0.1) is 11.6 Å². The number of hydrogen-bond acceptors (Lipinski definition) is 2. The lowest BCUT2D eigenvalue weighted by Gasteiger charge is -2.15. The number of nitrogens with zero attached hydrogens (tertiary/aromatic N) is 1. The second-order valence-corrected chi connectivity index (χ2v) is 3.77. The minimum atomic E-state index is 0.482. The molecule has 1 aromatic carbocycles. The summed E-state index contributed by atoms with van der Waals surface area (Å²) >= 11 is 11.6. The molecule has 0 unspecified atom stereocenters. The van der Waals surface area contributed by atoms with Gasteiger partial charge < -0.3 is 4.74 Å². The van der Waals surface area contributed by atoms with E-state index in [2.05, 4.69) is 0 Å². The fraction of sp³-hybridized carbons (Fsp3) is 0.400. The molecule has 0 amide bonds. The van der Waals surface area contributed by atoms with E-state index in [1.165, 1.54) is 0 Å². The summed E-state index contributed by atoms with van der Waals surface area (Å²) in [7, 11) is 3.58. The molecule has 0 heterocycles. The lowest BCUT2D eigenvalue weighted by Crippen LogP contribution is -2.15. The van der Waals surface area contributed by atoms with Gasteiger partial charge in [-0.05, 0) is 25.2 Å². The van der Waals surface area contributed by atoms with Crippen molar-refractivity contribution >= 4 is 23.2 Å². The molecule has 14 heavy (non-hydrogen) atoms. The molecule has 0 aliphatic heterocycles. The minimum absolute atomic E-state index is 0.482. The van der Waals surface area contributed by atoms with Gasteiger partial charge in [-0.2, -0.15) is 0 Å². The highest BCUT2D eigenvalue weighted by molar-refractivity contribution is 6.30. The third-order valence-corrected chi connectivity index (χ3v) is 2.53. The van der Waals surface area contributed by atoms with Crippen LogP contribution in [0.1, 0.15) is 5.56 Å². The van der Waals surface area contributed by atoms with E-state index < -0.39 is 0 Å². The van der Waals surface area contributed by atoms with Crippen LogP contribution in [-0.4, -0.2) is 25.1 Å². The van der Waals surface area contributed by atoms with Gasteiger partial charge in [0, 0.05) is 17.1 Å². The molecule has 0 aliphatic carbocycles. The highest BCUT2D eigenvalue weighted by atomic mass is 35.5. The first-order valence-electron chi connectivity index (χ1n) is 4.24. The maximum Gasteiger partial charge on any atom is 0.123 e. The Morgan fingerprint density at radius 1 is 1.43 bits per heavy atom. The summed E-state index contributed by atoms with van der Waals surface area (Å²) in [4.78, 5) is 1.97. The average Bonchev–Trinajstić information content (AvgIpc) is 2.18. The Hall–Kier alpha value is -0.440. The summed E-state index contributed by atoms with van der Waals surface area (Å²) in [6.45, 7) is 0.729. The Morgan fingerprint density at radius 3 is 2.71 bits per heavy atom. The Balaban J connectivity index is 2.87. The van der Waals surface area contributed by atoms with Gasteiger partial charge in [-0.3, -0.25) is 4.90 Å². The molecule has 1 aromatic rings. The van der Waals surface area contributed by atoms with Crippen LogP contribution in [0.4, 0.5) is 0 Å². The van der Waals surface area contributed by atoms with E-state index in [1.807, 2.05) is 30.1 Å². The first-order valence-corrected chi connectivity index (χ1v) is 5.15. The van der Waals surface area contributed by atoms with Crippen LogP contribution < -0.4 is 4.74 Å². The average molecular weight is 234 g/mol. The summed E-state index contributed by atoms with van der Waals surface area (Å²) in [5.74, 6) is 0.839. The Labute approximate surface area is 94.4 Å². The summed E-state index contributed by atoms with van der Waals surface area (Å²) in [5, 5.41) is 0.712. The maximum absolute atomic E-state index is 5.89. The SMILES string of the molecule is COc1ccc(Cl)cc1CN(C)CCl. The van der Waals surface area contributed by atoms with Gasteiger partial charge in [0.25, 0.3) is 0 Å². The molecule has 4 heteroatoms. The predicted octanol–water partition coefficient (Wildman–Crippen LogP) is 2.98.